The molecule has 2 aromatic rings. The van der Waals surface area contributed by atoms with E-state index in [1.54, 1.807) is 28.9 Å². The first-order valence-electron chi connectivity index (χ1n) is 4.09. The fourth-order valence-corrected chi connectivity index (χ4v) is 1.32. The monoisotopic (exact) mass is 192 g/mol. The van der Waals surface area contributed by atoms with Crippen LogP contribution in [0.4, 0.5) is 0 Å². The van der Waals surface area contributed by atoms with Crippen molar-refractivity contribution in [1.82, 2.24) is 9.38 Å². The Morgan fingerprint density at radius 3 is 2.86 bits per heavy atom. The molecule has 2 rings (SSSR count). The number of pyridine rings is 1. The molecule has 6 heteroatoms. The van der Waals surface area contributed by atoms with Gasteiger partial charge in [0.2, 0.25) is 0 Å². The van der Waals surface area contributed by atoms with Gasteiger partial charge in [-0.2, -0.15) is 0 Å². The van der Waals surface area contributed by atoms with Crippen molar-refractivity contribution in [2.45, 2.75) is 0 Å². The molecule has 0 amide bonds. The molecule has 0 aliphatic carbocycles. The highest BCUT2D eigenvalue weighted by Crippen LogP contribution is 2.11. The van der Waals surface area contributed by atoms with Crippen LogP contribution in [0.25, 0.3) is 5.65 Å². The zero-order valence-corrected chi connectivity index (χ0v) is 7.58. The maximum absolute atomic E-state index is 9.00. The van der Waals surface area contributed by atoms with Gasteiger partial charge in [-0.05, 0) is 17.6 Å². The lowest BCUT2D eigenvalue weighted by Gasteiger charge is -2.06. The molecule has 0 aliphatic heterocycles. The second kappa shape index (κ2) is 3.32. The van der Waals surface area contributed by atoms with Gasteiger partial charge in [-0.1, -0.05) is 0 Å². The van der Waals surface area contributed by atoms with Gasteiger partial charge in [-0.25, -0.2) is 4.98 Å². The van der Waals surface area contributed by atoms with E-state index in [-0.39, 0.29) is 0 Å². The fourth-order valence-electron chi connectivity index (χ4n) is 1.32. The van der Waals surface area contributed by atoms with Gasteiger partial charge in [0.25, 0.3) is 0 Å². The van der Waals surface area contributed by atoms with Crippen molar-refractivity contribution in [3.63, 3.8) is 0 Å². The highest BCUT2D eigenvalue weighted by molar-refractivity contribution is 6.58. The summed E-state index contributed by atoms with van der Waals surface area (Å²) in [6, 6.07) is 3.15. The Morgan fingerprint density at radius 2 is 2.21 bits per heavy atom. The quantitative estimate of drug-likeness (QED) is 0.600. The van der Waals surface area contributed by atoms with Crippen LogP contribution in [0.5, 0.6) is 5.88 Å². The van der Waals surface area contributed by atoms with E-state index < -0.39 is 7.12 Å². The van der Waals surface area contributed by atoms with Gasteiger partial charge < -0.3 is 14.8 Å². The minimum Gasteiger partial charge on any atom is -0.482 e. The van der Waals surface area contributed by atoms with Crippen LogP contribution in [0.3, 0.4) is 0 Å². The maximum atomic E-state index is 9.00. The summed E-state index contributed by atoms with van der Waals surface area (Å²) in [5, 5.41) is 18.0. The number of methoxy groups -OCH3 is 1. The average Bonchev–Trinajstić information content (AvgIpc) is 2.63. The number of hydrogen-bond acceptors (Lipinski definition) is 4. The minimum absolute atomic E-state index is 0.362. The molecular formula is C8H9BN2O3. The number of ether oxygens (including phenoxy) is 1. The highest BCUT2D eigenvalue weighted by atomic mass is 16.5. The number of fused-ring (bicyclic) bond motifs is 1. The third-order valence-corrected chi connectivity index (χ3v) is 2.00. The van der Waals surface area contributed by atoms with Crippen LogP contribution in [0, 0.1) is 0 Å². The van der Waals surface area contributed by atoms with Gasteiger partial charge >= 0.3 is 7.12 Å². The van der Waals surface area contributed by atoms with Crippen LogP contribution in [0.1, 0.15) is 0 Å². The molecule has 0 saturated carbocycles. The predicted octanol–water partition coefficient (Wildman–Crippen LogP) is -0.977. The standard InChI is InChI=1S/C8H9BN2O3/c1-14-8-5-6(9(12)13)4-7-10-2-3-11(7)8/h2-5,12-13H,1H3. The normalized spacial score (nSPS) is 10.5. The molecule has 2 aromatic heterocycles. The largest absolute Gasteiger partial charge is 0.488 e. The van der Waals surface area contributed by atoms with Crippen LogP contribution < -0.4 is 10.2 Å². The fraction of sp³-hybridized carbons (Fsp3) is 0.125. The van der Waals surface area contributed by atoms with E-state index in [9.17, 15) is 0 Å². The molecule has 0 saturated heterocycles. The van der Waals surface area contributed by atoms with Crippen molar-refractivity contribution in [3.05, 3.63) is 24.5 Å². The molecule has 0 fully saturated rings. The Morgan fingerprint density at radius 1 is 1.43 bits per heavy atom. The van der Waals surface area contributed by atoms with Gasteiger partial charge in [0.1, 0.15) is 5.65 Å². The van der Waals surface area contributed by atoms with Crippen molar-refractivity contribution in [2.75, 3.05) is 7.11 Å². The molecule has 0 bridgehead atoms. The van der Waals surface area contributed by atoms with E-state index in [1.165, 1.54) is 7.11 Å². The van der Waals surface area contributed by atoms with Crippen LogP contribution in [0.2, 0.25) is 0 Å². The topological polar surface area (TPSA) is 67.0 Å². The van der Waals surface area contributed by atoms with Gasteiger partial charge in [0.05, 0.1) is 7.11 Å². The molecule has 2 N–H and O–H groups in total. The van der Waals surface area contributed by atoms with Crippen molar-refractivity contribution >= 4 is 18.2 Å². The zero-order valence-electron chi connectivity index (χ0n) is 7.58. The maximum Gasteiger partial charge on any atom is 0.488 e. The van der Waals surface area contributed by atoms with Crippen LogP contribution in [0.15, 0.2) is 24.5 Å². The number of nitrogens with zero attached hydrogens (tertiary/aromatic N) is 2. The molecule has 0 unspecified atom stereocenters. The third-order valence-electron chi connectivity index (χ3n) is 2.00. The molecule has 72 valence electrons. The molecule has 2 heterocycles. The molecule has 0 aromatic carbocycles. The summed E-state index contributed by atoms with van der Waals surface area (Å²) in [6.45, 7) is 0. The van der Waals surface area contributed by atoms with E-state index in [0.717, 1.165) is 0 Å². The van der Waals surface area contributed by atoms with Gasteiger partial charge in [-0.3, -0.25) is 4.40 Å². The van der Waals surface area contributed by atoms with Gasteiger partial charge in [0, 0.05) is 12.4 Å². The zero-order chi connectivity index (χ0) is 10.1. The molecule has 0 radical (unpaired) electrons. The molecule has 0 atom stereocenters. The SMILES string of the molecule is COc1cc(B(O)O)cc2nccn12. The first-order chi connectivity index (χ1) is 6.72. The smallest absolute Gasteiger partial charge is 0.482 e. The van der Waals surface area contributed by atoms with E-state index in [2.05, 4.69) is 4.98 Å². The summed E-state index contributed by atoms with van der Waals surface area (Å²) in [4.78, 5) is 4.03. The second-order valence-electron chi connectivity index (χ2n) is 2.86. The molecule has 14 heavy (non-hydrogen) atoms. The lowest BCUT2D eigenvalue weighted by Crippen LogP contribution is -2.30. The van der Waals surface area contributed by atoms with Crippen LogP contribution >= 0.6 is 0 Å². The summed E-state index contributed by atoms with van der Waals surface area (Å²) < 4.78 is 6.79. The summed E-state index contributed by atoms with van der Waals surface area (Å²) >= 11 is 0. The first kappa shape index (κ1) is 9.05. The van der Waals surface area contributed by atoms with Crippen molar-refractivity contribution in [3.8, 4) is 5.88 Å². The summed E-state index contributed by atoms with van der Waals surface area (Å²) in [5.74, 6) is 0.517. The Kier molecular flexibility index (Phi) is 2.15. The Balaban J connectivity index is 2.67. The lowest BCUT2D eigenvalue weighted by molar-refractivity contribution is 0.391. The predicted molar refractivity (Wildman–Crippen MR) is 51.6 cm³/mol. The van der Waals surface area contributed by atoms with E-state index in [0.29, 0.717) is 17.0 Å². The molecule has 5 nitrogen and oxygen atoms in total. The summed E-state index contributed by atoms with van der Waals surface area (Å²) in [7, 11) is 0.00748. The minimum atomic E-state index is -1.51. The molecule has 0 aliphatic rings. The third kappa shape index (κ3) is 1.34. The van der Waals surface area contributed by atoms with Crippen LogP contribution in [-0.4, -0.2) is 33.7 Å². The first-order valence-corrected chi connectivity index (χ1v) is 4.09. The lowest BCUT2D eigenvalue weighted by atomic mass is 9.81. The highest BCUT2D eigenvalue weighted by Gasteiger charge is 2.14. The van der Waals surface area contributed by atoms with Crippen molar-refractivity contribution < 1.29 is 14.8 Å². The Hall–Kier alpha value is -1.53. The van der Waals surface area contributed by atoms with E-state index in [1.807, 2.05) is 0 Å². The van der Waals surface area contributed by atoms with Crippen molar-refractivity contribution in [2.24, 2.45) is 0 Å². The molecular weight excluding hydrogens is 183 g/mol. The number of hydrogen-bond donors (Lipinski definition) is 2. The summed E-state index contributed by atoms with van der Waals surface area (Å²) in [6.07, 6.45) is 3.35. The Bertz CT molecular complexity index is 455. The van der Waals surface area contributed by atoms with Gasteiger partial charge in [0.15, 0.2) is 5.88 Å². The number of imidazole rings is 1. The number of aromatic nitrogens is 2. The second-order valence-corrected chi connectivity index (χ2v) is 2.86. The average molecular weight is 192 g/mol. The van der Waals surface area contributed by atoms with Gasteiger partial charge in [-0.15, -0.1) is 0 Å². The van der Waals surface area contributed by atoms with Crippen LogP contribution in [-0.2, 0) is 0 Å². The summed E-state index contributed by atoms with van der Waals surface area (Å²) in [5.41, 5.74) is 0.980. The van der Waals surface area contributed by atoms with E-state index >= 15 is 0 Å². The number of rotatable bonds is 2. The van der Waals surface area contributed by atoms with E-state index in [4.69, 9.17) is 14.8 Å². The Labute approximate surface area is 80.7 Å². The molecule has 0 spiro atoms. The van der Waals surface area contributed by atoms with Crippen molar-refractivity contribution in [1.29, 1.82) is 0 Å².